The lowest BCUT2D eigenvalue weighted by Crippen LogP contribution is -2.65. The van der Waals surface area contributed by atoms with E-state index < -0.39 is 0 Å². The first-order valence-corrected chi connectivity index (χ1v) is 8.87. The maximum atomic E-state index is 11.9. The number of ether oxygens (including phenoxy) is 1. The Kier molecular flexibility index (Phi) is 5.02. The number of morpholine rings is 1. The molecule has 0 saturated carbocycles. The van der Waals surface area contributed by atoms with Crippen molar-refractivity contribution in [3.8, 4) is 0 Å². The largest absolute Gasteiger partial charge is 0.360 e. The molecular formula is C19H28N2O2. The molecule has 1 N–H and O–H groups in total. The van der Waals surface area contributed by atoms with E-state index in [4.69, 9.17) is 4.74 Å². The van der Waals surface area contributed by atoms with E-state index in [0.717, 1.165) is 45.3 Å². The monoisotopic (exact) mass is 316 g/mol. The number of nitrogens with zero attached hydrogens (tertiary/aromatic N) is 1. The quantitative estimate of drug-likeness (QED) is 0.927. The zero-order chi connectivity index (χ0) is 16.3. The van der Waals surface area contributed by atoms with E-state index in [1.165, 1.54) is 5.56 Å². The van der Waals surface area contributed by atoms with Gasteiger partial charge < -0.3 is 15.0 Å². The summed E-state index contributed by atoms with van der Waals surface area (Å²) in [6.07, 6.45) is 3.57. The van der Waals surface area contributed by atoms with Gasteiger partial charge in [0.1, 0.15) is 6.10 Å². The number of benzene rings is 1. The van der Waals surface area contributed by atoms with Crippen molar-refractivity contribution in [1.82, 2.24) is 10.2 Å². The number of rotatable bonds is 4. The molecule has 0 aliphatic carbocycles. The van der Waals surface area contributed by atoms with Crippen molar-refractivity contribution < 1.29 is 9.53 Å². The third-order valence-electron chi connectivity index (χ3n) is 5.45. The molecule has 2 heterocycles. The SMILES string of the molecule is CCC1OC2(CCN(CCc3ccccc3)CC2)C(C)NC1=O. The summed E-state index contributed by atoms with van der Waals surface area (Å²) in [6, 6.07) is 10.8. The number of nitrogens with one attached hydrogen (secondary N) is 1. The maximum absolute atomic E-state index is 11.9. The van der Waals surface area contributed by atoms with Crippen molar-refractivity contribution in [3.05, 3.63) is 35.9 Å². The third kappa shape index (κ3) is 3.59. The fourth-order valence-corrected chi connectivity index (χ4v) is 3.78. The molecule has 1 aromatic rings. The van der Waals surface area contributed by atoms with Gasteiger partial charge in [-0.05, 0) is 38.2 Å². The topological polar surface area (TPSA) is 41.6 Å². The first-order chi connectivity index (χ1) is 11.1. The smallest absolute Gasteiger partial charge is 0.249 e. The standard InChI is InChI=1S/C19H28N2O2/c1-3-17-18(22)20-15(2)19(23-17)10-13-21(14-11-19)12-9-16-7-5-4-6-8-16/h4-8,15,17H,3,9-14H2,1-2H3,(H,20,22). The minimum absolute atomic E-state index is 0.0529. The van der Waals surface area contributed by atoms with Gasteiger partial charge in [-0.25, -0.2) is 0 Å². The summed E-state index contributed by atoms with van der Waals surface area (Å²) < 4.78 is 6.26. The Morgan fingerprint density at radius 2 is 1.96 bits per heavy atom. The van der Waals surface area contributed by atoms with Crippen LogP contribution < -0.4 is 5.32 Å². The third-order valence-corrected chi connectivity index (χ3v) is 5.45. The van der Waals surface area contributed by atoms with Crippen LogP contribution in [-0.4, -0.2) is 48.2 Å². The second-order valence-electron chi connectivity index (χ2n) is 6.89. The molecule has 4 heteroatoms. The summed E-state index contributed by atoms with van der Waals surface area (Å²) in [5, 5.41) is 3.13. The molecule has 2 unspecified atom stereocenters. The Balaban J connectivity index is 1.54. The van der Waals surface area contributed by atoms with E-state index in [1.54, 1.807) is 0 Å². The van der Waals surface area contributed by atoms with Crippen LogP contribution in [0.1, 0.15) is 38.7 Å². The molecule has 2 aliphatic rings. The van der Waals surface area contributed by atoms with Gasteiger partial charge in [0.05, 0.1) is 11.6 Å². The number of piperidine rings is 1. The van der Waals surface area contributed by atoms with Gasteiger partial charge in [0.2, 0.25) is 5.91 Å². The average molecular weight is 316 g/mol. The molecule has 3 rings (SSSR count). The summed E-state index contributed by atoms with van der Waals surface area (Å²) in [6.45, 7) is 7.29. The minimum atomic E-state index is -0.276. The van der Waals surface area contributed by atoms with Crippen molar-refractivity contribution in [3.63, 3.8) is 0 Å². The van der Waals surface area contributed by atoms with E-state index >= 15 is 0 Å². The number of hydrogen-bond acceptors (Lipinski definition) is 3. The van der Waals surface area contributed by atoms with Crippen LogP contribution in [0.4, 0.5) is 0 Å². The number of likely N-dealkylation sites (tertiary alicyclic amines) is 1. The highest BCUT2D eigenvalue weighted by atomic mass is 16.5. The minimum Gasteiger partial charge on any atom is -0.360 e. The summed E-state index contributed by atoms with van der Waals surface area (Å²) in [7, 11) is 0. The van der Waals surface area contributed by atoms with Crippen LogP contribution in [0.25, 0.3) is 0 Å². The zero-order valence-corrected chi connectivity index (χ0v) is 14.3. The molecule has 2 fully saturated rings. The van der Waals surface area contributed by atoms with Gasteiger partial charge in [0.25, 0.3) is 0 Å². The second kappa shape index (κ2) is 7.02. The van der Waals surface area contributed by atoms with Gasteiger partial charge in [-0.2, -0.15) is 0 Å². The highest BCUT2D eigenvalue weighted by Crippen LogP contribution is 2.34. The zero-order valence-electron chi connectivity index (χ0n) is 14.3. The summed E-state index contributed by atoms with van der Waals surface area (Å²) in [5.74, 6) is 0.0529. The lowest BCUT2D eigenvalue weighted by molar-refractivity contribution is -0.182. The van der Waals surface area contributed by atoms with E-state index in [1.807, 2.05) is 6.92 Å². The number of hydrogen-bond donors (Lipinski definition) is 1. The van der Waals surface area contributed by atoms with Crippen LogP contribution >= 0.6 is 0 Å². The Bertz CT molecular complexity index is 523. The molecule has 1 amide bonds. The number of carbonyl (C=O) groups is 1. The fourth-order valence-electron chi connectivity index (χ4n) is 3.78. The molecule has 2 aliphatic heterocycles. The number of carbonyl (C=O) groups excluding carboxylic acids is 1. The molecule has 2 saturated heterocycles. The van der Waals surface area contributed by atoms with Crippen LogP contribution in [-0.2, 0) is 16.0 Å². The van der Waals surface area contributed by atoms with Crippen molar-refractivity contribution in [2.24, 2.45) is 0 Å². The first-order valence-electron chi connectivity index (χ1n) is 8.87. The van der Waals surface area contributed by atoms with Gasteiger partial charge in [0.15, 0.2) is 0 Å². The van der Waals surface area contributed by atoms with Crippen molar-refractivity contribution in [2.45, 2.75) is 57.3 Å². The second-order valence-corrected chi connectivity index (χ2v) is 6.89. The van der Waals surface area contributed by atoms with Crippen LogP contribution in [0.3, 0.4) is 0 Å². The molecule has 23 heavy (non-hydrogen) atoms. The Morgan fingerprint density at radius 1 is 1.26 bits per heavy atom. The van der Waals surface area contributed by atoms with Crippen molar-refractivity contribution in [2.75, 3.05) is 19.6 Å². The molecule has 0 bridgehead atoms. The molecule has 0 radical (unpaired) electrons. The lowest BCUT2D eigenvalue weighted by Gasteiger charge is -2.49. The van der Waals surface area contributed by atoms with Crippen LogP contribution in [0.15, 0.2) is 30.3 Å². The van der Waals surface area contributed by atoms with Gasteiger partial charge in [-0.3, -0.25) is 4.79 Å². The molecule has 126 valence electrons. The fraction of sp³-hybridized carbons (Fsp3) is 0.632. The van der Waals surface area contributed by atoms with Crippen LogP contribution in [0, 0.1) is 0 Å². The van der Waals surface area contributed by atoms with Gasteiger partial charge in [0, 0.05) is 19.6 Å². The number of amides is 1. The van der Waals surface area contributed by atoms with Gasteiger partial charge >= 0.3 is 0 Å². The summed E-state index contributed by atoms with van der Waals surface area (Å²) >= 11 is 0. The molecule has 0 aromatic heterocycles. The predicted molar refractivity (Wildman–Crippen MR) is 91.3 cm³/mol. The van der Waals surface area contributed by atoms with Crippen molar-refractivity contribution >= 4 is 5.91 Å². The highest BCUT2D eigenvalue weighted by molar-refractivity contribution is 5.82. The van der Waals surface area contributed by atoms with E-state index in [0.29, 0.717) is 0 Å². The summed E-state index contributed by atoms with van der Waals surface area (Å²) in [4.78, 5) is 14.5. The Labute approximate surface area is 139 Å². The first kappa shape index (κ1) is 16.5. The molecular weight excluding hydrogens is 288 g/mol. The molecule has 1 spiro atoms. The van der Waals surface area contributed by atoms with Gasteiger partial charge in [-0.1, -0.05) is 37.3 Å². The Morgan fingerprint density at radius 3 is 2.61 bits per heavy atom. The normalized spacial score (nSPS) is 27.8. The molecule has 4 nitrogen and oxygen atoms in total. The highest BCUT2D eigenvalue weighted by Gasteiger charge is 2.47. The van der Waals surface area contributed by atoms with Crippen molar-refractivity contribution in [1.29, 1.82) is 0 Å². The van der Waals surface area contributed by atoms with Crippen LogP contribution in [0.5, 0.6) is 0 Å². The lowest BCUT2D eigenvalue weighted by atomic mass is 9.82. The van der Waals surface area contributed by atoms with E-state index in [-0.39, 0.29) is 23.7 Å². The summed E-state index contributed by atoms with van der Waals surface area (Å²) in [5.41, 5.74) is 1.23. The van der Waals surface area contributed by atoms with Gasteiger partial charge in [-0.15, -0.1) is 0 Å². The van der Waals surface area contributed by atoms with E-state index in [9.17, 15) is 4.79 Å². The van der Waals surface area contributed by atoms with Crippen LogP contribution in [0.2, 0.25) is 0 Å². The Hall–Kier alpha value is -1.39. The average Bonchev–Trinajstić information content (AvgIpc) is 2.59. The van der Waals surface area contributed by atoms with E-state index in [2.05, 4.69) is 47.5 Å². The maximum Gasteiger partial charge on any atom is 0.249 e. The predicted octanol–water partition coefficient (Wildman–Crippen LogP) is 2.38. The molecule has 1 aromatic carbocycles. The molecule has 2 atom stereocenters.